The molecule has 1 amide bonds. The van der Waals surface area contributed by atoms with E-state index in [1.165, 1.54) is 51.7 Å². The summed E-state index contributed by atoms with van der Waals surface area (Å²) in [7, 11) is 0. The summed E-state index contributed by atoms with van der Waals surface area (Å²) in [4.78, 5) is 14.2. The molecule has 4 nitrogen and oxygen atoms in total. The van der Waals surface area contributed by atoms with Gasteiger partial charge in [-0.25, -0.2) is 0 Å². The summed E-state index contributed by atoms with van der Waals surface area (Å²) in [6.07, 6.45) is 7.62. The molecule has 4 heteroatoms. The van der Waals surface area contributed by atoms with Crippen LogP contribution in [0.2, 0.25) is 0 Å². The van der Waals surface area contributed by atoms with Gasteiger partial charge < -0.3 is 16.0 Å². The molecule has 112 valence electrons. The molecule has 0 aliphatic carbocycles. The molecule has 0 radical (unpaired) electrons. The molecule has 1 aliphatic heterocycles. The molecule has 1 rings (SSSR count). The maximum absolute atomic E-state index is 11.6. The first kappa shape index (κ1) is 16.4. The van der Waals surface area contributed by atoms with Crippen LogP contribution in [0, 0.1) is 5.92 Å². The highest BCUT2D eigenvalue weighted by atomic mass is 16.2. The first-order chi connectivity index (χ1) is 9.11. The van der Waals surface area contributed by atoms with E-state index in [0.717, 1.165) is 13.0 Å². The van der Waals surface area contributed by atoms with Gasteiger partial charge in [-0.1, -0.05) is 26.7 Å². The van der Waals surface area contributed by atoms with E-state index >= 15 is 0 Å². The van der Waals surface area contributed by atoms with Crippen molar-refractivity contribution in [2.24, 2.45) is 11.7 Å². The van der Waals surface area contributed by atoms with E-state index in [-0.39, 0.29) is 17.9 Å². The number of rotatable bonds is 8. The van der Waals surface area contributed by atoms with Crippen molar-refractivity contribution in [1.29, 1.82) is 0 Å². The molecule has 0 saturated carbocycles. The van der Waals surface area contributed by atoms with Gasteiger partial charge in [0.2, 0.25) is 5.91 Å². The molecule has 19 heavy (non-hydrogen) atoms. The van der Waals surface area contributed by atoms with Gasteiger partial charge >= 0.3 is 0 Å². The summed E-state index contributed by atoms with van der Waals surface area (Å²) >= 11 is 0. The summed E-state index contributed by atoms with van der Waals surface area (Å²) in [5.74, 6) is 0.199. The van der Waals surface area contributed by atoms with Gasteiger partial charge in [-0.3, -0.25) is 4.79 Å². The lowest BCUT2D eigenvalue weighted by Crippen LogP contribution is -2.44. The lowest BCUT2D eigenvalue weighted by molar-refractivity contribution is -0.123. The molecule has 0 spiro atoms. The van der Waals surface area contributed by atoms with Crippen molar-refractivity contribution in [2.45, 2.75) is 58.4 Å². The standard InChI is InChI=1S/C15H31N3O/c1-13(2)14(16)15(19)17-9-5-3-6-10-18-11-7-4-8-12-18/h13-14H,3-12,16H2,1-2H3,(H,17,19)/t14-/m0/s1. The maximum atomic E-state index is 11.6. The third-order valence-electron chi connectivity index (χ3n) is 3.92. The van der Waals surface area contributed by atoms with E-state index in [1.54, 1.807) is 0 Å². The summed E-state index contributed by atoms with van der Waals surface area (Å²) in [5, 5.41) is 2.92. The molecule has 0 aromatic rings. The first-order valence-corrected chi connectivity index (χ1v) is 7.87. The quantitative estimate of drug-likeness (QED) is 0.660. The Labute approximate surface area is 118 Å². The number of amides is 1. The number of nitrogens with one attached hydrogen (secondary N) is 1. The Morgan fingerprint density at radius 1 is 1.16 bits per heavy atom. The zero-order chi connectivity index (χ0) is 14.1. The minimum absolute atomic E-state index is 0.00831. The van der Waals surface area contributed by atoms with Crippen molar-refractivity contribution in [1.82, 2.24) is 10.2 Å². The van der Waals surface area contributed by atoms with Crippen LogP contribution < -0.4 is 11.1 Å². The van der Waals surface area contributed by atoms with Crippen molar-refractivity contribution >= 4 is 5.91 Å². The van der Waals surface area contributed by atoms with Gasteiger partial charge in [-0.15, -0.1) is 0 Å². The topological polar surface area (TPSA) is 58.4 Å². The van der Waals surface area contributed by atoms with Gasteiger partial charge in [0, 0.05) is 6.54 Å². The Morgan fingerprint density at radius 3 is 2.47 bits per heavy atom. The van der Waals surface area contributed by atoms with Crippen molar-refractivity contribution in [3.05, 3.63) is 0 Å². The predicted molar refractivity (Wildman–Crippen MR) is 80.0 cm³/mol. The van der Waals surface area contributed by atoms with Gasteiger partial charge in [-0.2, -0.15) is 0 Å². The van der Waals surface area contributed by atoms with E-state index in [9.17, 15) is 4.79 Å². The van der Waals surface area contributed by atoms with Gasteiger partial charge in [0.1, 0.15) is 0 Å². The van der Waals surface area contributed by atoms with Crippen molar-refractivity contribution in [2.75, 3.05) is 26.2 Å². The smallest absolute Gasteiger partial charge is 0.237 e. The normalized spacial score (nSPS) is 18.5. The molecular formula is C15H31N3O. The molecule has 1 atom stereocenters. The molecule has 3 N–H and O–H groups in total. The van der Waals surface area contributed by atoms with Gasteiger partial charge in [0.25, 0.3) is 0 Å². The Kier molecular flexibility index (Phi) is 8.07. The number of unbranched alkanes of at least 4 members (excludes halogenated alkanes) is 2. The van der Waals surface area contributed by atoms with E-state index < -0.39 is 0 Å². The van der Waals surface area contributed by atoms with Crippen LogP contribution >= 0.6 is 0 Å². The molecule has 1 saturated heterocycles. The minimum atomic E-state index is -0.367. The average Bonchev–Trinajstić information content (AvgIpc) is 2.42. The number of carbonyl (C=O) groups is 1. The number of likely N-dealkylation sites (tertiary alicyclic amines) is 1. The second kappa shape index (κ2) is 9.32. The molecule has 0 unspecified atom stereocenters. The number of carbonyl (C=O) groups excluding carboxylic acids is 1. The monoisotopic (exact) mass is 269 g/mol. The highest BCUT2D eigenvalue weighted by Crippen LogP contribution is 2.09. The Bertz CT molecular complexity index is 250. The maximum Gasteiger partial charge on any atom is 0.237 e. The lowest BCUT2D eigenvalue weighted by atomic mass is 10.1. The van der Waals surface area contributed by atoms with E-state index in [2.05, 4.69) is 10.2 Å². The van der Waals surface area contributed by atoms with Crippen LogP contribution in [-0.4, -0.2) is 43.0 Å². The van der Waals surface area contributed by atoms with Gasteiger partial charge in [0.15, 0.2) is 0 Å². The molecule has 1 aliphatic rings. The Morgan fingerprint density at radius 2 is 1.84 bits per heavy atom. The van der Waals surface area contributed by atoms with E-state index in [4.69, 9.17) is 5.73 Å². The second-order valence-corrected chi connectivity index (χ2v) is 6.02. The average molecular weight is 269 g/mol. The van der Waals surface area contributed by atoms with Crippen LogP contribution in [0.4, 0.5) is 0 Å². The van der Waals surface area contributed by atoms with Crippen LogP contribution in [0.25, 0.3) is 0 Å². The summed E-state index contributed by atoms with van der Waals surface area (Å²) in [6.45, 7) is 8.49. The molecule has 0 aromatic heterocycles. The second-order valence-electron chi connectivity index (χ2n) is 6.02. The third kappa shape index (κ3) is 6.92. The number of hydrogen-bond acceptors (Lipinski definition) is 3. The molecule has 0 bridgehead atoms. The summed E-state index contributed by atoms with van der Waals surface area (Å²) in [6, 6.07) is -0.367. The van der Waals surface area contributed by atoms with Crippen molar-refractivity contribution in [3.63, 3.8) is 0 Å². The fourth-order valence-electron chi connectivity index (χ4n) is 2.45. The zero-order valence-electron chi connectivity index (χ0n) is 12.7. The fourth-order valence-corrected chi connectivity index (χ4v) is 2.45. The third-order valence-corrected chi connectivity index (χ3v) is 3.92. The van der Waals surface area contributed by atoms with E-state index in [1.807, 2.05) is 13.8 Å². The number of hydrogen-bond donors (Lipinski definition) is 2. The number of nitrogens with two attached hydrogens (primary N) is 1. The molecule has 0 aromatic carbocycles. The minimum Gasteiger partial charge on any atom is -0.355 e. The number of piperidine rings is 1. The van der Waals surface area contributed by atoms with Crippen LogP contribution in [0.5, 0.6) is 0 Å². The Hall–Kier alpha value is -0.610. The SMILES string of the molecule is CC(C)[C@H](N)C(=O)NCCCCCN1CCCCC1. The first-order valence-electron chi connectivity index (χ1n) is 7.87. The van der Waals surface area contributed by atoms with Crippen LogP contribution in [-0.2, 0) is 4.79 Å². The highest BCUT2D eigenvalue weighted by molar-refractivity contribution is 5.81. The zero-order valence-corrected chi connectivity index (χ0v) is 12.7. The predicted octanol–water partition coefficient (Wildman–Crippen LogP) is 1.74. The van der Waals surface area contributed by atoms with Gasteiger partial charge in [-0.05, 0) is 51.2 Å². The van der Waals surface area contributed by atoms with Crippen molar-refractivity contribution in [3.8, 4) is 0 Å². The van der Waals surface area contributed by atoms with Crippen LogP contribution in [0.1, 0.15) is 52.4 Å². The fraction of sp³-hybridized carbons (Fsp3) is 0.933. The highest BCUT2D eigenvalue weighted by Gasteiger charge is 2.16. The number of nitrogens with zero attached hydrogens (tertiary/aromatic N) is 1. The Balaban J connectivity index is 1.94. The summed E-state index contributed by atoms with van der Waals surface area (Å²) < 4.78 is 0. The van der Waals surface area contributed by atoms with Crippen molar-refractivity contribution < 1.29 is 4.79 Å². The molecule has 1 fully saturated rings. The van der Waals surface area contributed by atoms with Gasteiger partial charge in [0.05, 0.1) is 6.04 Å². The largest absolute Gasteiger partial charge is 0.355 e. The van der Waals surface area contributed by atoms with Crippen LogP contribution in [0.3, 0.4) is 0 Å². The molecular weight excluding hydrogens is 238 g/mol. The van der Waals surface area contributed by atoms with E-state index in [0.29, 0.717) is 0 Å². The summed E-state index contributed by atoms with van der Waals surface area (Å²) in [5.41, 5.74) is 5.78. The van der Waals surface area contributed by atoms with Crippen LogP contribution in [0.15, 0.2) is 0 Å². The molecule has 1 heterocycles. The lowest BCUT2D eigenvalue weighted by Gasteiger charge is -2.26.